The highest BCUT2D eigenvalue weighted by Crippen LogP contribution is 2.35. The Morgan fingerprint density at radius 2 is 1.81 bits per heavy atom. The van der Waals surface area contributed by atoms with Crippen LogP contribution in [0.4, 0.5) is 18.9 Å². The molecule has 0 radical (unpaired) electrons. The maximum Gasteiger partial charge on any atom is 0.573 e. The van der Waals surface area contributed by atoms with Crippen LogP contribution in [-0.2, 0) is 25.7 Å². The van der Waals surface area contributed by atoms with Gasteiger partial charge in [0, 0.05) is 23.6 Å². The van der Waals surface area contributed by atoms with Crippen LogP contribution in [0.1, 0.15) is 30.9 Å². The molecule has 2 amide bonds. The first-order valence-corrected chi connectivity index (χ1v) is 10.9. The lowest BCUT2D eigenvalue weighted by Crippen LogP contribution is -2.36. The Labute approximate surface area is 204 Å². The summed E-state index contributed by atoms with van der Waals surface area (Å²) >= 11 is 0. The highest BCUT2D eigenvalue weighted by atomic mass is 19.4. The fourth-order valence-corrected chi connectivity index (χ4v) is 3.61. The minimum absolute atomic E-state index is 0.115. The summed E-state index contributed by atoms with van der Waals surface area (Å²) in [6, 6.07) is 10.4. The summed E-state index contributed by atoms with van der Waals surface area (Å²) in [5.41, 5.74) is 2.11. The fraction of sp³-hybridized carbons (Fsp3) is 0.333. The van der Waals surface area contributed by atoms with E-state index in [0.717, 1.165) is 13.2 Å². The largest absolute Gasteiger partial charge is 0.573 e. The van der Waals surface area contributed by atoms with E-state index in [4.69, 9.17) is 4.74 Å². The molecule has 2 aromatic rings. The summed E-state index contributed by atoms with van der Waals surface area (Å²) in [6.45, 7) is 2.01. The number of methoxy groups -OCH3 is 2. The molecule has 0 spiro atoms. The number of anilines is 1. The highest BCUT2D eigenvalue weighted by molar-refractivity contribution is 6.37. The molecular weight excluding hydrogens is 483 g/mol. The van der Waals surface area contributed by atoms with E-state index in [1.54, 1.807) is 24.3 Å². The number of alkyl halides is 3. The Balaban J connectivity index is 1.83. The quantitative estimate of drug-likeness (QED) is 0.451. The highest BCUT2D eigenvalue weighted by Gasteiger charge is 2.34. The van der Waals surface area contributed by atoms with Crippen molar-refractivity contribution < 1.29 is 41.8 Å². The maximum atomic E-state index is 12.7. The number of nitrogens with one attached hydrogen (secondary N) is 1. The molecule has 1 N–H and O–H groups in total. The van der Waals surface area contributed by atoms with Gasteiger partial charge < -0.3 is 19.5 Å². The lowest BCUT2D eigenvalue weighted by atomic mass is 9.89. The van der Waals surface area contributed by atoms with Crippen molar-refractivity contribution >= 4 is 29.2 Å². The molecule has 0 fully saturated rings. The fourth-order valence-electron chi connectivity index (χ4n) is 3.61. The van der Waals surface area contributed by atoms with Crippen molar-refractivity contribution in [3.05, 3.63) is 53.6 Å². The van der Waals surface area contributed by atoms with Crippen molar-refractivity contribution in [1.82, 2.24) is 5.01 Å². The zero-order valence-electron chi connectivity index (χ0n) is 19.7. The summed E-state index contributed by atoms with van der Waals surface area (Å²) in [4.78, 5) is 35.6. The van der Waals surface area contributed by atoms with Gasteiger partial charge in [-0.3, -0.25) is 9.59 Å². The van der Waals surface area contributed by atoms with Crippen molar-refractivity contribution in [2.75, 3.05) is 19.5 Å². The van der Waals surface area contributed by atoms with Crippen LogP contribution in [0, 0.1) is 5.92 Å². The van der Waals surface area contributed by atoms with Crippen molar-refractivity contribution in [2.24, 2.45) is 11.0 Å². The van der Waals surface area contributed by atoms with E-state index in [9.17, 15) is 27.6 Å². The predicted molar refractivity (Wildman–Crippen MR) is 122 cm³/mol. The number of benzene rings is 2. The van der Waals surface area contributed by atoms with E-state index >= 15 is 0 Å². The van der Waals surface area contributed by atoms with E-state index in [1.807, 2.05) is 6.92 Å². The number of hydrogen-bond acceptors (Lipinski definition) is 7. The molecule has 9 nitrogen and oxygen atoms in total. The van der Waals surface area contributed by atoms with E-state index in [1.165, 1.54) is 24.3 Å². The number of ether oxygens (including phenoxy) is 3. The summed E-state index contributed by atoms with van der Waals surface area (Å²) < 4.78 is 51.5. The van der Waals surface area contributed by atoms with Gasteiger partial charge in [-0.05, 0) is 42.3 Å². The first-order chi connectivity index (χ1) is 17.0. The molecule has 3 rings (SSSR count). The van der Waals surface area contributed by atoms with Gasteiger partial charge in [0.1, 0.15) is 0 Å². The third-order valence-electron chi connectivity index (χ3n) is 5.42. The number of carbonyl (C=O) groups excluding carboxylic acids is 3. The lowest BCUT2D eigenvalue weighted by molar-refractivity contribution is -0.275. The monoisotopic (exact) mass is 507 g/mol. The second-order valence-electron chi connectivity index (χ2n) is 7.80. The van der Waals surface area contributed by atoms with Gasteiger partial charge in [-0.1, -0.05) is 19.1 Å². The molecule has 1 atom stereocenters. The summed E-state index contributed by atoms with van der Waals surface area (Å²) in [6.07, 6.45) is -4.11. The second kappa shape index (κ2) is 11.1. The number of rotatable bonds is 7. The van der Waals surface area contributed by atoms with Crippen LogP contribution in [-0.4, -0.2) is 49.1 Å². The first kappa shape index (κ1) is 26.5. The molecule has 1 unspecified atom stereocenters. The lowest BCUT2D eigenvalue weighted by Gasteiger charge is -2.29. The number of nitrogens with zero attached hydrogens (tertiary/aromatic N) is 2. The molecule has 2 aromatic carbocycles. The normalized spacial score (nSPS) is 15.7. The molecule has 0 saturated heterocycles. The molecule has 12 heteroatoms. The van der Waals surface area contributed by atoms with E-state index < -0.39 is 24.0 Å². The Bertz CT molecular complexity index is 1160. The zero-order chi connectivity index (χ0) is 26.5. The Hall–Kier alpha value is -4.09. The van der Waals surface area contributed by atoms with Gasteiger partial charge in [0.05, 0.1) is 26.5 Å². The van der Waals surface area contributed by atoms with Gasteiger partial charge in [0.15, 0.2) is 11.5 Å². The average molecular weight is 507 g/mol. The van der Waals surface area contributed by atoms with Crippen LogP contribution in [0.3, 0.4) is 0 Å². The van der Waals surface area contributed by atoms with Gasteiger partial charge >= 0.3 is 18.2 Å². The van der Waals surface area contributed by atoms with Gasteiger partial charge in [-0.15, -0.1) is 13.2 Å². The topological polar surface area (TPSA) is 107 Å². The molecule has 1 heterocycles. The minimum atomic E-state index is -4.87. The summed E-state index contributed by atoms with van der Waals surface area (Å²) in [7, 11) is 2.33. The number of hydrazone groups is 1. The number of hydrogen-bond donors (Lipinski definition) is 1. The summed E-state index contributed by atoms with van der Waals surface area (Å²) in [5.74, 6) is -2.99. The molecular formula is C24H24F3N3O6. The van der Waals surface area contributed by atoms with Crippen molar-refractivity contribution in [2.45, 2.75) is 32.7 Å². The van der Waals surface area contributed by atoms with Crippen LogP contribution in [0.5, 0.6) is 11.5 Å². The van der Waals surface area contributed by atoms with Crippen LogP contribution in [0.2, 0.25) is 0 Å². The maximum absolute atomic E-state index is 12.7. The minimum Gasteiger partial charge on any atom is -0.493 e. The van der Waals surface area contributed by atoms with Gasteiger partial charge in [-0.2, -0.15) is 5.10 Å². The Morgan fingerprint density at radius 1 is 1.11 bits per heavy atom. The van der Waals surface area contributed by atoms with Crippen LogP contribution in [0.25, 0.3) is 0 Å². The molecule has 0 bridgehead atoms. The van der Waals surface area contributed by atoms with Crippen LogP contribution < -0.4 is 14.8 Å². The van der Waals surface area contributed by atoms with Gasteiger partial charge in [-0.25, -0.2) is 9.80 Å². The standard InChI is InChI=1S/C24H24F3N3O6/c1-4-15-12-20(31)30(13-14-5-8-17(9-6-14)28-22(32)23(33)35-3)29-21(15)16-7-10-18(19(11-16)34-2)36-24(25,26)27/h5-11,15H,4,12-13H2,1-3H3,(H,28,32). The van der Waals surface area contributed by atoms with Crippen molar-refractivity contribution in [3.63, 3.8) is 0 Å². The van der Waals surface area contributed by atoms with Crippen LogP contribution in [0.15, 0.2) is 47.6 Å². The number of esters is 1. The SMILES string of the molecule is CCC1CC(=O)N(Cc2ccc(NC(=O)C(=O)OC)cc2)N=C1c1ccc(OC(F)(F)F)c(OC)c1. The zero-order valence-corrected chi connectivity index (χ0v) is 19.7. The van der Waals surface area contributed by atoms with E-state index in [2.05, 4.69) is 19.9 Å². The molecule has 1 aliphatic heterocycles. The molecule has 0 aromatic heterocycles. The van der Waals surface area contributed by atoms with Crippen molar-refractivity contribution in [3.8, 4) is 11.5 Å². The number of halogens is 3. The number of amides is 2. The van der Waals surface area contributed by atoms with Crippen LogP contribution >= 0.6 is 0 Å². The average Bonchev–Trinajstić information content (AvgIpc) is 2.84. The first-order valence-electron chi connectivity index (χ1n) is 10.9. The Morgan fingerprint density at radius 3 is 2.39 bits per heavy atom. The molecule has 192 valence electrons. The predicted octanol–water partition coefficient (Wildman–Crippen LogP) is 3.87. The van der Waals surface area contributed by atoms with Crippen molar-refractivity contribution in [1.29, 1.82) is 0 Å². The van der Waals surface area contributed by atoms with Gasteiger partial charge in [0.2, 0.25) is 5.91 Å². The third-order valence-corrected chi connectivity index (χ3v) is 5.42. The summed E-state index contributed by atoms with van der Waals surface area (Å²) in [5, 5.41) is 8.19. The molecule has 36 heavy (non-hydrogen) atoms. The van der Waals surface area contributed by atoms with Gasteiger partial charge in [0.25, 0.3) is 0 Å². The molecule has 0 saturated carbocycles. The van der Waals surface area contributed by atoms with E-state index in [0.29, 0.717) is 28.9 Å². The third kappa shape index (κ3) is 6.52. The van der Waals surface area contributed by atoms with E-state index in [-0.39, 0.29) is 30.5 Å². The molecule has 1 aliphatic rings. The Kier molecular flexibility index (Phi) is 8.18. The number of carbonyl (C=O) groups is 3. The smallest absolute Gasteiger partial charge is 0.493 e. The molecule has 0 aliphatic carbocycles. The second-order valence-corrected chi connectivity index (χ2v) is 7.80.